The molecule has 0 aliphatic carbocycles. The van der Waals surface area contributed by atoms with Crippen molar-refractivity contribution in [2.75, 3.05) is 26.2 Å². The number of β-amino-alcohol motifs (C(OH)–C–C–N with tert-alkyl or cyclic N) is 1. The van der Waals surface area contributed by atoms with Crippen molar-refractivity contribution in [3.8, 4) is 0 Å². The first kappa shape index (κ1) is 16.0. The van der Waals surface area contributed by atoms with E-state index in [0.29, 0.717) is 26.1 Å². The second-order valence-electron chi connectivity index (χ2n) is 6.87. The van der Waals surface area contributed by atoms with Crippen LogP contribution in [0.15, 0.2) is 0 Å². The molecule has 2 saturated heterocycles. The van der Waals surface area contributed by atoms with Crippen molar-refractivity contribution in [2.45, 2.75) is 44.9 Å². The zero-order valence-corrected chi connectivity index (χ0v) is 12.9. The third-order valence-electron chi connectivity index (χ3n) is 3.88. The molecule has 21 heavy (non-hydrogen) atoms. The minimum absolute atomic E-state index is 0.000499. The van der Waals surface area contributed by atoms with Crippen LogP contribution in [0.3, 0.4) is 0 Å². The van der Waals surface area contributed by atoms with E-state index in [9.17, 15) is 14.7 Å². The van der Waals surface area contributed by atoms with Crippen LogP contribution in [0.1, 0.15) is 27.2 Å². The van der Waals surface area contributed by atoms with Crippen LogP contribution >= 0.6 is 0 Å². The van der Waals surface area contributed by atoms with Gasteiger partial charge >= 0.3 is 6.09 Å². The monoisotopic (exact) mass is 299 g/mol. The second-order valence-corrected chi connectivity index (χ2v) is 6.87. The molecule has 0 aromatic rings. The molecule has 2 heterocycles. The largest absolute Gasteiger partial charge is 0.444 e. The van der Waals surface area contributed by atoms with Crippen LogP contribution in [-0.4, -0.2) is 70.8 Å². The maximum Gasteiger partial charge on any atom is 0.410 e. The summed E-state index contributed by atoms with van der Waals surface area (Å²) in [6.07, 6.45) is -0.768. The Balaban J connectivity index is 1.98. The molecule has 0 radical (unpaired) electrons. The molecule has 0 bridgehead atoms. The van der Waals surface area contributed by atoms with E-state index in [2.05, 4.69) is 0 Å². The number of nitrogens with zero attached hydrogens (tertiary/aromatic N) is 2. The number of hydrogen-bond donors (Lipinski definition) is 2. The molecule has 0 aromatic carbocycles. The molecule has 7 nitrogen and oxygen atoms in total. The van der Waals surface area contributed by atoms with Crippen molar-refractivity contribution >= 4 is 12.0 Å². The quantitative estimate of drug-likeness (QED) is 0.734. The summed E-state index contributed by atoms with van der Waals surface area (Å²) in [4.78, 5) is 27.2. The minimum atomic E-state index is -0.738. The van der Waals surface area contributed by atoms with E-state index < -0.39 is 17.8 Å². The SMILES string of the molecule is CC(C)(C)OC(=O)N1CC(O)C(N2CC(CN)CC2=O)C1. The normalized spacial score (nSPS) is 30.1. The minimum Gasteiger partial charge on any atom is -0.444 e. The maximum absolute atomic E-state index is 12.0. The first-order valence-electron chi connectivity index (χ1n) is 7.37. The Hall–Kier alpha value is -1.34. The highest BCUT2D eigenvalue weighted by Gasteiger charge is 2.43. The first-order valence-corrected chi connectivity index (χ1v) is 7.37. The molecular weight excluding hydrogens is 274 g/mol. The summed E-state index contributed by atoms with van der Waals surface area (Å²) in [5, 5.41) is 10.2. The number of carbonyl (C=O) groups is 2. The Morgan fingerprint density at radius 2 is 2.05 bits per heavy atom. The van der Waals surface area contributed by atoms with Crippen LogP contribution < -0.4 is 5.73 Å². The number of ether oxygens (including phenoxy) is 1. The van der Waals surface area contributed by atoms with Crippen molar-refractivity contribution in [1.29, 1.82) is 0 Å². The van der Waals surface area contributed by atoms with Gasteiger partial charge in [-0.3, -0.25) is 4.79 Å². The summed E-state index contributed by atoms with van der Waals surface area (Å²) in [7, 11) is 0. The summed E-state index contributed by atoms with van der Waals surface area (Å²) in [6.45, 7) is 6.90. The van der Waals surface area contributed by atoms with Crippen LogP contribution in [0, 0.1) is 5.92 Å². The van der Waals surface area contributed by atoms with E-state index in [0.717, 1.165) is 0 Å². The molecule has 2 rings (SSSR count). The Morgan fingerprint density at radius 3 is 2.57 bits per heavy atom. The van der Waals surface area contributed by atoms with Crippen LogP contribution in [0.4, 0.5) is 4.79 Å². The van der Waals surface area contributed by atoms with Crippen molar-refractivity contribution in [2.24, 2.45) is 11.7 Å². The molecule has 2 aliphatic heterocycles. The molecule has 0 aromatic heterocycles. The van der Waals surface area contributed by atoms with Gasteiger partial charge in [-0.05, 0) is 33.2 Å². The van der Waals surface area contributed by atoms with Crippen molar-refractivity contribution < 1.29 is 19.4 Å². The summed E-state index contributed by atoms with van der Waals surface area (Å²) in [6, 6.07) is -0.360. The lowest BCUT2D eigenvalue weighted by Crippen LogP contribution is -2.44. The topological polar surface area (TPSA) is 96.1 Å². The smallest absolute Gasteiger partial charge is 0.410 e. The van der Waals surface area contributed by atoms with E-state index in [1.807, 2.05) is 0 Å². The summed E-state index contributed by atoms with van der Waals surface area (Å²) in [5.74, 6) is 0.140. The van der Waals surface area contributed by atoms with Gasteiger partial charge in [0, 0.05) is 19.5 Å². The summed E-state index contributed by atoms with van der Waals surface area (Å²) in [5.41, 5.74) is 5.04. The lowest BCUT2D eigenvalue weighted by atomic mass is 10.1. The average Bonchev–Trinajstić information content (AvgIpc) is 2.90. The van der Waals surface area contributed by atoms with Gasteiger partial charge in [0.05, 0.1) is 18.7 Å². The Labute approximate surface area is 125 Å². The van der Waals surface area contributed by atoms with Crippen molar-refractivity contribution in [3.05, 3.63) is 0 Å². The molecule has 7 heteroatoms. The van der Waals surface area contributed by atoms with Crippen LogP contribution in [0.25, 0.3) is 0 Å². The molecule has 2 aliphatic rings. The number of amides is 2. The number of nitrogens with two attached hydrogens (primary N) is 1. The first-order chi connectivity index (χ1) is 9.71. The zero-order valence-electron chi connectivity index (χ0n) is 12.9. The number of aliphatic hydroxyl groups excluding tert-OH is 1. The van der Waals surface area contributed by atoms with Crippen molar-refractivity contribution in [3.63, 3.8) is 0 Å². The van der Waals surface area contributed by atoms with Gasteiger partial charge in [-0.2, -0.15) is 0 Å². The van der Waals surface area contributed by atoms with Crippen LogP contribution in [-0.2, 0) is 9.53 Å². The van der Waals surface area contributed by atoms with E-state index in [-0.39, 0.29) is 24.4 Å². The fraction of sp³-hybridized carbons (Fsp3) is 0.857. The van der Waals surface area contributed by atoms with E-state index >= 15 is 0 Å². The molecule has 2 amide bonds. The van der Waals surface area contributed by atoms with Gasteiger partial charge in [-0.1, -0.05) is 0 Å². The lowest BCUT2D eigenvalue weighted by molar-refractivity contribution is -0.131. The predicted molar refractivity (Wildman–Crippen MR) is 76.5 cm³/mol. The summed E-state index contributed by atoms with van der Waals surface area (Å²) >= 11 is 0. The van der Waals surface area contributed by atoms with Gasteiger partial charge in [0.15, 0.2) is 0 Å². The molecule has 2 fully saturated rings. The third-order valence-corrected chi connectivity index (χ3v) is 3.88. The van der Waals surface area contributed by atoms with E-state index in [4.69, 9.17) is 10.5 Å². The maximum atomic E-state index is 12.0. The number of likely N-dealkylation sites (tertiary alicyclic amines) is 2. The van der Waals surface area contributed by atoms with Gasteiger partial charge in [-0.15, -0.1) is 0 Å². The van der Waals surface area contributed by atoms with Gasteiger partial charge in [0.25, 0.3) is 0 Å². The number of rotatable bonds is 2. The Bertz CT molecular complexity index is 421. The van der Waals surface area contributed by atoms with Crippen LogP contribution in [0.2, 0.25) is 0 Å². The van der Waals surface area contributed by atoms with E-state index in [1.54, 1.807) is 25.7 Å². The highest BCUT2D eigenvalue weighted by atomic mass is 16.6. The molecule has 3 unspecified atom stereocenters. The standard InChI is InChI=1S/C14H25N3O4/c1-14(2,3)21-13(20)16-7-10(11(18)8-16)17-6-9(5-15)4-12(17)19/h9-11,18H,4-8,15H2,1-3H3. The molecule has 3 N–H and O–H groups in total. The van der Waals surface area contributed by atoms with Gasteiger partial charge in [-0.25, -0.2) is 4.79 Å². The van der Waals surface area contributed by atoms with Crippen LogP contribution in [0.5, 0.6) is 0 Å². The fourth-order valence-electron chi connectivity index (χ4n) is 2.84. The van der Waals surface area contributed by atoms with Crippen molar-refractivity contribution in [1.82, 2.24) is 9.80 Å². The molecule has 0 saturated carbocycles. The third kappa shape index (κ3) is 3.65. The molecular formula is C14H25N3O4. The highest BCUT2D eigenvalue weighted by molar-refractivity contribution is 5.79. The fourth-order valence-corrected chi connectivity index (χ4v) is 2.84. The van der Waals surface area contributed by atoms with Gasteiger partial charge in [0.2, 0.25) is 5.91 Å². The van der Waals surface area contributed by atoms with Gasteiger partial charge < -0.3 is 25.4 Å². The van der Waals surface area contributed by atoms with Gasteiger partial charge in [0.1, 0.15) is 5.60 Å². The lowest BCUT2D eigenvalue weighted by Gasteiger charge is -2.27. The zero-order chi connectivity index (χ0) is 15.8. The Morgan fingerprint density at radius 1 is 1.38 bits per heavy atom. The average molecular weight is 299 g/mol. The second kappa shape index (κ2) is 5.81. The molecule has 3 atom stereocenters. The highest BCUT2D eigenvalue weighted by Crippen LogP contribution is 2.25. The predicted octanol–water partition coefficient (Wildman–Crippen LogP) is -0.226. The number of carbonyl (C=O) groups excluding carboxylic acids is 2. The number of hydrogen-bond acceptors (Lipinski definition) is 5. The number of aliphatic hydroxyl groups is 1. The molecule has 120 valence electrons. The summed E-state index contributed by atoms with van der Waals surface area (Å²) < 4.78 is 5.30. The Kier molecular flexibility index (Phi) is 4.43. The van der Waals surface area contributed by atoms with E-state index in [1.165, 1.54) is 4.90 Å². The molecule has 0 spiro atoms.